The minimum absolute atomic E-state index is 0.790. The number of pyridine rings is 1. The monoisotopic (exact) mass is 331 g/mol. The number of nitrogens with one attached hydrogen (secondary N) is 2. The quantitative estimate of drug-likeness (QED) is 0.587. The Morgan fingerprint density at radius 2 is 1.88 bits per heavy atom. The van der Waals surface area contributed by atoms with E-state index in [-0.39, 0.29) is 0 Å². The van der Waals surface area contributed by atoms with Crippen LogP contribution in [0.25, 0.3) is 16.6 Å². The van der Waals surface area contributed by atoms with Crippen molar-refractivity contribution in [1.29, 1.82) is 0 Å². The molecule has 5 nitrogen and oxygen atoms in total. The molecule has 0 saturated heterocycles. The average molecular weight is 331 g/mol. The number of benzene rings is 1. The number of aromatic nitrogens is 4. The fraction of sp³-hybridized carbons (Fsp3) is 0.200. The van der Waals surface area contributed by atoms with Crippen LogP contribution in [0.4, 0.5) is 0 Å². The first kappa shape index (κ1) is 15.6. The lowest BCUT2D eigenvalue weighted by atomic mass is 10.1. The Morgan fingerprint density at radius 1 is 1.04 bits per heavy atom. The highest BCUT2D eigenvalue weighted by Crippen LogP contribution is 2.17. The Balaban J connectivity index is 1.43. The Morgan fingerprint density at radius 3 is 2.72 bits per heavy atom. The maximum atomic E-state index is 4.59. The zero-order valence-electron chi connectivity index (χ0n) is 14.5. The van der Waals surface area contributed by atoms with Crippen molar-refractivity contribution in [3.05, 3.63) is 77.5 Å². The Hall–Kier alpha value is -2.92. The summed E-state index contributed by atoms with van der Waals surface area (Å²) in [5.41, 5.74) is 6.93. The smallest absolute Gasteiger partial charge is 0.0676 e. The molecule has 0 fully saturated rings. The first-order valence-electron chi connectivity index (χ1n) is 8.43. The van der Waals surface area contributed by atoms with Gasteiger partial charge in [-0.3, -0.25) is 4.98 Å². The fourth-order valence-electron chi connectivity index (χ4n) is 3.07. The third-order valence-electron chi connectivity index (χ3n) is 4.39. The van der Waals surface area contributed by atoms with Gasteiger partial charge in [-0.1, -0.05) is 12.1 Å². The molecule has 0 aliphatic carbocycles. The van der Waals surface area contributed by atoms with E-state index in [1.165, 1.54) is 27.7 Å². The van der Waals surface area contributed by atoms with Gasteiger partial charge in [0.1, 0.15) is 0 Å². The molecule has 0 amide bonds. The second-order valence-corrected chi connectivity index (χ2v) is 6.37. The number of aromatic amines is 1. The first-order valence-corrected chi connectivity index (χ1v) is 8.43. The third kappa shape index (κ3) is 3.32. The van der Waals surface area contributed by atoms with Crippen LogP contribution in [0.15, 0.2) is 55.0 Å². The maximum Gasteiger partial charge on any atom is 0.0676 e. The lowest BCUT2D eigenvalue weighted by Gasteiger charge is -2.04. The lowest BCUT2D eigenvalue weighted by Crippen LogP contribution is -2.12. The minimum atomic E-state index is 0.790. The van der Waals surface area contributed by atoms with Gasteiger partial charge in [0.25, 0.3) is 0 Å². The standard InChI is InChI=1S/C20H21N5/c1-14-9-17-4-3-16(10-20(17)23-14)11-22-12-18-13-25(24-15(18)2)19-5-7-21-8-6-19/h3-10,13,22-23H,11-12H2,1-2H3. The fourth-order valence-corrected chi connectivity index (χ4v) is 3.07. The van der Waals surface area contributed by atoms with Crippen LogP contribution < -0.4 is 5.32 Å². The second kappa shape index (κ2) is 6.53. The molecule has 2 N–H and O–H groups in total. The van der Waals surface area contributed by atoms with E-state index in [1.54, 1.807) is 12.4 Å². The maximum absolute atomic E-state index is 4.59. The molecule has 0 aliphatic rings. The van der Waals surface area contributed by atoms with Gasteiger partial charge in [-0.2, -0.15) is 5.10 Å². The molecule has 0 spiro atoms. The molecule has 4 rings (SSSR count). The topological polar surface area (TPSA) is 58.5 Å². The van der Waals surface area contributed by atoms with Crippen LogP contribution in [0.2, 0.25) is 0 Å². The molecular weight excluding hydrogens is 310 g/mol. The summed E-state index contributed by atoms with van der Waals surface area (Å²) >= 11 is 0. The molecule has 1 aromatic carbocycles. The Labute approximate surface area is 146 Å². The Kier molecular flexibility index (Phi) is 4.07. The number of H-pyrrole nitrogens is 1. The molecule has 5 heteroatoms. The molecular formula is C20H21N5. The van der Waals surface area contributed by atoms with Crippen molar-refractivity contribution in [1.82, 2.24) is 25.1 Å². The number of hydrogen-bond acceptors (Lipinski definition) is 3. The van der Waals surface area contributed by atoms with Gasteiger partial charge in [0.15, 0.2) is 0 Å². The van der Waals surface area contributed by atoms with Gasteiger partial charge >= 0.3 is 0 Å². The molecule has 126 valence electrons. The van der Waals surface area contributed by atoms with Gasteiger partial charge in [-0.25, -0.2) is 4.68 Å². The summed E-state index contributed by atoms with van der Waals surface area (Å²) in [5, 5.41) is 9.37. The highest BCUT2D eigenvalue weighted by Gasteiger charge is 2.06. The van der Waals surface area contributed by atoms with Gasteiger partial charge in [-0.15, -0.1) is 0 Å². The van der Waals surface area contributed by atoms with Gasteiger partial charge in [0, 0.05) is 48.5 Å². The first-order chi connectivity index (χ1) is 12.2. The molecule has 0 saturated carbocycles. The van der Waals surface area contributed by atoms with Crippen molar-refractivity contribution in [3.63, 3.8) is 0 Å². The van der Waals surface area contributed by atoms with Crippen LogP contribution in [-0.2, 0) is 13.1 Å². The van der Waals surface area contributed by atoms with Crippen LogP contribution >= 0.6 is 0 Å². The van der Waals surface area contributed by atoms with Gasteiger partial charge in [0.05, 0.1) is 11.4 Å². The van der Waals surface area contributed by atoms with Crippen molar-refractivity contribution in [3.8, 4) is 5.69 Å². The molecule has 0 bridgehead atoms. The summed E-state index contributed by atoms with van der Waals surface area (Å²) < 4.78 is 1.90. The number of fused-ring (bicyclic) bond motifs is 1. The average Bonchev–Trinajstić information content (AvgIpc) is 3.17. The van der Waals surface area contributed by atoms with Crippen LogP contribution in [0.3, 0.4) is 0 Å². The van der Waals surface area contributed by atoms with Gasteiger partial charge in [0.2, 0.25) is 0 Å². The summed E-state index contributed by atoms with van der Waals surface area (Å²) in [6.07, 6.45) is 5.64. The SMILES string of the molecule is Cc1cc2ccc(CNCc3cn(-c4ccncc4)nc3C)cc2[nH]1. The third-order valence-corrected chi connectivity index (χ3v) is 4.39. The summed E-state index contributed by atoms with van der Waals surface area (Å²) in [4.78, 5) is 7.44. The van der Waals surface area contributed by atoms with E-state index in [9.17, 15) is 0 Å². The highest BCUT2D eigenvalue weighted by molar-refractivity contribution is 5.80. The summed E-state index contributed by atoms with van der Waals surface area (Å²) in [5.74, 6) is 0. The highest BCUT2D eigenvalue weighted by atomic mass is 15.3. The van der Waals surface area contributed by atoms with Crippen LogP contribution in [0.5, 0.6) is 0 Å². The molecule has 0 radical (unpaired) electrons. The van der Waals surface area contributed by atoms with Crippen LogP contribution in [0.1, 0.15) is 22.5 Å². The van der Waals surface area contributed by atoms with E-state index >= 15 is 0 Å². The van der Waals surface area contributed by atoms with E-state index < -0.39 is 0 Å². The zero-order valence-corrected chi connectivity index (χ0v) is 14.5. The molecule has 3 aromatic heterocycles. The largest absolute Gasteiger partial charge is 0.359 e. The molecule has 3 heterocycles. The zero-order chi connectivity index (χ0) is 17.2. The minimum Gasteiger partial charge on any atom is -0.359 e. The predicted molar refractivity (Wildman–Crippen MR) is 99.7 cm³/mol. The van der Waals surface area contributed by atoms with Crippen molar-refractivity contribution < 1.29 is 0 Å². The van der Waals surface area contributed by atoms with Crippen molar-refractivity contribution in [2.24, 2.45) is 0 Å². The number of hydrogen-bond donors (Lipinski definition) is 2. The van der Waals surface area contributed by atoms with E-state index in [0.717, 1.165) is 24.5 Å². The predicted octanol–water partition coefficient (Wildman–Crippen LogP) is 3.66. The summed E-state index contributed by atoms with van der Waals surface area (Å²) in [6.45, 7) is 5.75. The molecule has 4 aromatic rings. The summed E-state index contributed by atoms with van der Waals surface area (Å²) in [7, 11) is 0. The van der Waals surface area contributed by atoms with Crippen LogP contribution in [0, 0.1) is 13.8 Å². The lowest BCUT2D eigenvalue weighted by molar-refractivity contribution is 0.691. The molecule has 25 heavy (non-hydrogen) atoms. The van der Waals surface area contributed by atoms with E-state index in [4.69, 9.17) is 0 Å². The number of aryl methyl sites for hydroxylation is 2. The molecule has 0 atom stereocenters. The Bertz CT molecular complexity index is 998. The molecule has 0 unspecified atom stereocenters. The van der Waals surface area contributed by atoms with E-state index in [1.807, 2.05) is 23.7 Å². The van der Waals surface area contributed by atoms with Crippen molar-refractivity contribution in [2.45, 2.75) is 26.9 Å². The second-order valence-electron chi connectivity index (χ2n) is 6.37. The number of nitrogens with zero attached hydrogens (tertiary/aromatic N) is 3. The van der Waals surface area contributed by atoms with E-state index in [2.05, 4.69) is 57.8 Å². The normalized spacial score (nSPS) is 11.3. The van der Waals surface area contributed by atoms with Crippen molar-refractivity contribution in [2.75, 3.05) is 0 Å². The number of rotatable bonds is 5. The van der Waals surface area contributed by atoms with Gasteiger partial charge < -0.3 is 10.3 Å². The van der Waals surface area contributed by atoms with Crippen LogP contribution in [-0.4, -0.2) is 19.7 Å². The van der Waals surface area contributed by atoms with Crippen molar-refractivity contribution >= 4 is 10.9 Å². The molecule has 0 aliphatic heterocycles. The van der Waals surface area contributed by atoms with E-state index in [0.29, 0.717) is 0 Å². The summed E-state index contributed by atoms with van der Waals surface area (Å²) in [6, 6.07) is 12.6. The van der Waals surface area contributed by atoms with Gasteiger partial charge in [-0.05, 0) is 49.1 Å².